The highest BCUT2D eigenvalue weighted by Gasteiger charge is 2.48. The lowest BCUT2D eigenvalue weighted by molar-refractivity contribution is -0.299. The van der Waals surface area contributed by atoms with Crippen molar-refractivity contribution in [3.05, 3.63) is 0 Å². The number of esters is 1. The lowest BCUT2D eigenvalue weighted by atomic mass is 9.80. The van der Waals surface area contributed by atoms with Crippen molar-refractivity contribution < 1.29 is 19.5 Å². The maximum absolute atomic E-state index is 12.1. The quantitative estimate of drug-likeness (QED) is 0.541. The molecular formula is C12H20NO4. The molecule has 0 N–H and O–H groups in total. The van der Waals surface area contributed by atoms with Gasteiger partial charge in [-0.05, 0) is 27.7 Å². The Bertz CT molecular complexity index is 304. The number of nitrogens with zero attached hydrogens (tertiary/aromatic N) is 1. The van der Waals surface area contributed by atoms with Gasteiger partial charge in [0.1, 0.15) is 6.10 Å². The van der Waals surface area contributed by atoms with Crippen LogP contribution in [0.1, 0.15) is 40.5 Å². The first kappa shape index (κ1) is 12.8. The SMILES string of the molecule is CC1(C)CC(OC(=O)C2CO2)CC(C)(C)N1[O]. The Kier molecular flexibility index (Phi) is 2.96. The van der Waals surface area contributed by atoms with Crippen LogP contribution in [0.2, 0.25) is 0 Å². The summed E-state index contributed by atoms with van der Waals surface area (Å²) >= 11 is 0. The van der Waals surface area contributed by atoms with Gasteiger partial charge in [-0.15, -0.1) is 10.3 Å². The molecule has 1 unspecified atom stereocenters. The molecule has 2 heterocycles. The molecule has 0 aromatic rings. The number of hydrogen-bond donors (Lipinski definition) is 0. The van der Waals surface area contributed by atoms with Crippen molar-refractivity contribution in [1.82, 2.24) is 5.06 Å². The highest BCUT2D eigenvalue weighted by Crippen LogP contribution is 2.38. The van der Waals surface area contributed by atoms with E-state index in [4.69, 9.17) is 9.47 Å². The Morgan fingerprint density at radius 3 is 2.12 bits per heavy atom. The first-order valence-corrected chi connectivity index (χ1v) is 6.02. The minimum absolute atomic E-state index is 0.193. The summed E-state index contributed by atoms with van der Waals surface area (Å²) in [7, 11) is 0. The Morgan fingerprint density at radius 1 is 1.24 bits per heavy atom. The van der Waals surface area contributed by atoms with E-state index in [0.717, 1.165) is 5.06 Å². The zero-order valence-electron chi connectivity index (χ0n) is 10.9. The Hall–Kier alpha value is -0.650. The fourth-order valence-electron chi connectivity index (χ4n) is 2.68. The number of rotatable bonds is 2. The molecule has 1 radical (unpaired) electrons. The number of hydrogen-bond acceptors (Lipinski definition) is 4. The Morgan fingerprint density at radius 2 is 1.71 bits per heavy atom. The van der Waals surface area contributed by atoms with Crippen LogP contribution in [0.15, 0.2) is 0 Å². The van der Waals surface area contributed by atoms with Crippen LogP contribution >= 0.6 is 0 Å². The number of carbonyl (C=O) groups excluding carboxylic acids is 1. The molecule has 0 saturated carbocycles. The molecule has 0 spiro atoms. The molecule has 0 aromatic carbocycles. The maximum Gasteiger partial charge on any atom is 0.337 e. The molecule has 0 amide bonds. The lowest BCUT2D eigenvalue weighted by Gasteiger charge is -2.49. The van der Waals surface area contributed by atoms with E-state index < -0.39 is 11.1 Å². The summed E-state index contributed by atoms with van der Waals surface area (Å²) in [4.78, 5) is 11.5. The van der Waals surface area contributed by atoms with E-state index in [2.05, 4.69) is 0 Å². The lowest BCUT2D eigenvalue weighted by Crippen LogP contribution is -2.60. The third-order valence-electron chi connectivity index (χ3n) is 3.43. The van der Waals surface area contributed by atoms with Crippen LogP contribution in [0.4, 0.5) is 0 Å². The van der Waals surface area contributed by atoms with Gasteiger partial charge in [-0.25, -0.2) is 4.79 Å². The van der Waals surface area contributed by atoms with Gasteiger partial charge in [0.2, 0.25) is 0 Å². The number of ether oxygens (including phenoxy) is 2. The molecule has 2 aliphatic heterocycles. The molecule has 0 bridgehead atoms. The molecule has 1 atom stereocenters. The van der Waals surface area contributed by atoms with Crippen LogP contribution in [-0.2, 0) is 19.5 Å². The zero-order chi connectivity index (χ0) is 12.8. The minimum Gasteiger partial charge on any atom is -0.460 e. The highest BCUT2D eigenvalue weighted by atomic mass is 16.6. The normalized spacial score (nSPS) is 32.2. The average Bonchev–Trinajstić information content (AvgIpc) is 2.95. The zero-order valence-corrected chi connectivity index (χ0v) is 10.9. The maximum atomic E-state index is 12.1. The number of hydroxylamine groups is 2. The fourth-order valence-corrected chi connectivity index (χ4v) is 2.68. The van der Waals surface area contributed by atoms with Crippen molar-refractivity contribution in [2.24, 2.45) is 0 Å². The van der Waals surface area contributed by atoms with E-state index in [1.165, 1.54) is 0 Å². The molecule has 97 valence electrons. The summed E-state index contributed by atoms with van der Waals surface area (Å²) in [5.74, 6) is -0.291. The van der Waals surface area contributed by atoms with E-state index in [1.807, 2.05) is 27.7 Å². The second-order valence-corrected chi connectivity index (χ2v) is 6.21. The van der Waals surface area contributed by atoms with Gasteiger partial charge in [0.15, 0.2) is 6.10 Å². The number of carbonyl (C=O) groups is 1. The largest absolute Gasteiger partial charge is 0.460 e. The van der Waals surface area contributed by atoms with Gasteiger partial charge in [-0.1, -0.05) is 0 Å². The van der Waals surface area contributed by atoms with Crippen molar-refractivity contribution in [3.8, 4) is 0 Å². The van der Waals surface area contributed by atoms with Crippen LogP contribution in [0.3, 0.4) is 0 Å². The van der Waals surface area contributed by atoms with Crippen LogP contribution < -0.4 is 0 Å². The predicted octanol–water partition coefficient (Wildman–Crippen LogP) is 1.30. The van der Waals surface area contributed by atoms with Crippen molar-refractivity contribution in [1.29, 1.82) is 0 Å². The molecule has 5 heteroatoms. The minimum atomic E-state index is -0.503. The first-order valence-electron chi connectivity index (χ1n) is 6.02. The smallest absolute Gasteiger partial charge is 0.337 e. The molecule has 2 aliphatic rings. The van der Waals surface area contributed by atoms with Crippen molar-refractivity contribution >= 4 is 5.97 Å². The van der Waals surface area contributed by atoms with E-state index in [1.54, 1.807) is 0 Å². The summed E-state index contributed by atoms with van der Waals surface area (Å²) in [6.07, 6.45) is 0.574. The van der Waals surface area contributed by atoms with Gasteiger partial charge >= 0.3 is 5.97 Å². The average molecular weight is 242 g/mol. The summed E-state index contributed by atoms with van der Waals surface area (Å²) in [5, 5.41) is 13.2. The van der Waals surface area contributed by atoms with Crippen LogP contribution in [0.25, 0.3) is 0 Å². The third-order valence-corrected chi connectivity index (χ3v) is 3.43. The van der Waals surface area contributed by atoms with Gasteiger partial charge in [0.25, 0.3) is 0 Å². The van der Waals surface area contributed by atoms with Gasteiger partial charge in [0.05, 0.1) is 6.61 Å². The van der Waals surface area contributed by atoms with Gasteiger partial charge in [0, 0.05) is 23.9 Å². The Balaban J connectivity index is 2.02. The van der Waals surface area contributed by atoms with Crippen molar-refractivity contribution in [2.45, 2.75) is 63.8 Å². The molecule has 0 aliphatic carbocycles. The molecule has 2 saturated heterocycles. The molecule has 17 heavy (non-hydrogen) atoms. The van der Waals surface area contributed by atoms with E-state index in [0.29, 0.717) is 19.4 Å². The van der Waals surface area contributed by atoms with E-state index in [-0.39, 0.29) is 18.2 Å². The van der Waals surface area contributed by atoms with Gasteiger partial charge < -0.3 is 9.47 Å². The molecular weight excluding hydrogens is 222 g/mol. The number of piperidine rings is 1. The molecule has 2 rings (SSSR count). The topological polar surface area (TPSA) is 62.0 Å². The third kappa shape index (κ3) is 2.61. The van der Waals surface area contributed by atoms with Crippen LogP contribution in [-0.4, -0.2) is 40.9 Å². The monoisotopic (exact) mass is 242 g/mol. The highest BCUT2D eigenvalue weighted by molar-refractivity contribution is 5.77. The summed E-state index contributed by atoms with van der Waals surface area (Å²) < 4.78 is 10.3. The second-order valence-electron chi connectivity index (χ2n) is 6.21. The standard InChI is InChI=1S/C12H20NO4/c1-11(2)5-8(6-12(3,4)13(11)15)17-10(14)9-7-16-9/h8-9H,5-7H2,1-4H3. The summed E-state index contributed by atoms with van der Waals surface area (Å²) in [6, 6.07) is 0. The summed E-state index contributed by atoms with van der Waals surface area (Å²) in [5.41, 5.74) is -1.01. The predicted molar refractivity (Wildman–Crippen MR) is 59.5 cm³/mol. The van der Waals surface area contributed by atoms with Gasteiger partial charge in [-0.3, -0.25) is 0 Å². The van der Waals surface area contributed by atoms with Crippen LogP contribution in [0.5, 0.6) is 0 Å². The molecule has 0 aromatic heterocycles. The second kappa shape index (κ2) is 3.93. The summed E-state index contributed by atoms with van der Waals surface area (Å²) in [6.45, 7) is 8.00. The first-order chi connectivity index (χ1) is 7.72. The molecule has 2 fully saturated rings. The Labute approximate surface area is 102 Å². The van der Waals surface area contributed by atoms with Crippen molar-refractivity contribution in [2.75, 3.05) is 6.61 Å². The fraction of sp³-hybridized carbons (Fsp3) is 0.917. The van der Waals surface area contributed by atoms with Crippen LogP contribution in [0, 0.1) is 0 Å². The van der Waals surface area contributed by atoms with E-state index >= 15 is 0 Å². The number of epoxide rings is 1. The van der Waals surface area contributed by atoms with Gasteiger partial charge in [-0.2, -0.15) is 0 Å². The molecule has 5 nitrogen and oxygen atoms in total. The van der Waals surface area contributed by atoms with E-state index in [9.17, 15) is 10.0 Å². The van der Waals surface area contributed by atoms with Crippen molar-refractivity contribution in [3.63, 3.8) is 0 Å².